The molecule has 1 amide bonds. The number of hydrogen-bond donors (Lipinski definition) is 0. The van der Waals surface area contributed by atoms with E-state index < -0.39 is 17.4 Å². The standard InChI is InChI=1S/C36H33F3N2O3/c1-22-23(2)40-31-12-7-6-11-30(31)33(22)34(43)41(21-29-17-18-32(44-29)36(37,38)39)20-25-13-15-26(16-14-25)27-9-8-10-28(19-27)35(4,5)24(3)42/h6-19H,20-21H2,1-5H3. The second-order valence-electron chi connectivity index (χ2n) is 11.6. The molecule has 0 aliphatic heterocycles. The molecule has 0 N–H and O–H groups in total. The number of para-hydroxylation sites is 1. The minimum absolute atomic E-state index is 0.0277. The van der Waals surface area contributed by atoms with E-state index in [1.807, 2.05) is 100 Å². The van der Waals surface area contributed by atoms with Gasteiger partial charge in [-0.3, -0.25) is 14.6 Å². The molecular weight excluding hydrogens is 565 g/mol. The maximum Gasteiger partial charge on any atom is 0.449 e. The van der Waals surface area contributed by atoms with E-state index in [4.69, 9.17) is 4.42 Å². The van der Waals surface area contributed by atoms with Crippen LogP contribution in [0.4, 0.5) is 13.2 Å². The number of benzene rings is 3. The lowest BCUT2D eigenvalue weighted by Crippen LogP contribution is -2.31. The first-order chi connectivity index (χ1) is 20.8. The van der Waals surface area contributed by atoms with E-state index in [2.05, 4.69) is 4.98 Å². The highest BCUT2D eigenvalue weighted by Gasteiger charge is 2.35. The molecule has 0 saturated carbocycles. The van der Waals surface area contributed by atoms with Gasteiger partial charge in [0.05, 0.1) is 17.6 Å². The average Bonchev–Trinajstić information content (AvgIpc) is 3.47. The van der Waals surface area contributed by atoms with E-state index in [-0.39, 0.29) is 30.5 Å². The Labute approximate surface area is 254 Å². The second-order valence-corrected chi connectivity index (χ2v) is 11.6. The zero-order valence-electron chi connectivity index (χ0n) is 25.3. The minimum atomic E-state index is -4.63. The Balaban J connectivity index is 1.50. The molecule has 0 aliphatic rings. The molecule has 2 heterocycles. The number of alkyl halides is 3. The SMILES string of the molecule is CC(=O)C(C)(C)c1cccc(-c2ccc(CN(Cc3ccc(C(F)(F)F)o3)C(=O)c3c(C)c(C)nc4ccccc34)cc2)c1. The van der Waals surface area contributed by atoms with Crippen LogP contribution in [0.1, 0.15) is 65.0 Å². The second kappa shape index (κ2) is 11.8. The fourth-order valence-corrected chi connectivity index (χ4v) is 5.18. The lowest BCUT2D eigenvalue weighted by molar-refractivity contribution is -0.153. The zero-order valence-corrected chi connectivity index (χ0v) is 25.3. The summed E-state index contributed by atoms with van der Waals surface area (Å²) in [5.41, 5.74) is 5.48. The number of nitrogens with zero attached hydrogens (tertiary/aromatic N) is 2. The molecule has 5 aromatic rings. The van der Waals surface area contributed by atoms with Crippen LogP contribution >= 0.6 is 0 Å². The summed E-state index contributed by atoms with van der Waals surface area (Å²) in [6, 6.07) is 24.9. The summed E-state index contributed by atoms with van der Waals surface area (Å²) >= 11 is 0. The predicted octanol–water partition coefficient (Wildman–Crippen LogP) is 8.84. The number of furan rings is 1. The van der Waals surface area contributed by atoms with Gasteiger partial charge in [-0.05, 0) is 80.6 Å². The summed E-state index contributed by atoms with van der Waals surface area (Å²) in [5.74, 6) is -1.35. The molecule has 2 aromatic heterocycles. The van der Waals surface area contributed by atoms with Crippen LogP contribution < -0.4 is 0 Å². The van der Waals surface area contributed by atoms with Crippen molar-refractivity contribution < 1.29 is 27.2 Å². The van der Waals surface area contributed by atoms with Crippen molar-refractivity contribution in [3.05, 3.63) is 124 Å². The normalized spacial score (nSPS) is 12.0. The molecule has 0 spiro atoms. The summed E-state index contributed by atoms with van der Waals surface area (Å²) in [7, 11) is 0. The Hall–Kier alpha value is -4.72. The maximum atomic E-state index is 14.2. The summed E-state index contributed by atoms with van der Waals surface area (Å²) in [5, 5.41) is 0.671. The smallest absolute Gasteiger partial charge is 0.449 e. The van der Waals surface area contributed by atoms with Crippen molar-refractivity contribution in [3.63, 3.8) is 0 Å². The minimum Gasteiger partial charge on any atom is -0.455 e. The first-order valence-electron chi connectivity index (χ1n) is 14.3. The summed E-state index contributed by atoms with van der Waals surface area (Å²) in [4.78, 5) is 32.6. The summed E-state index contributed by atoms with van der Waals surface area (Å²) in [6.07, 6.45) is -4.63. The Morgan fingerprint density at radius 1 is 0.841 bits per heavy atom. The number of ketones is 1. The van der Waals surface area contributed by atoms with Gasteiger partial charge < -0.3 is 9.32 Å². The number of carbonyl (C=O) groups is 2. The highest BCUT2D eigenvalue weighted by atomic mass is 19.4. The molecule has 5 nitrogen and oxygen atoms in total. The summed E-state index contributed by atoms with van der Waals surface area (Å²) < 4.78 is 45.0. The van der Waals surface area contributed by atoms with Gasteiger partial charge in [-0.2, -0.15) is 13.2 Å². The third-order valence-electron chi connectivity index (χ3n) is 8.29. The first kappa shape index (κ1) is 30.7. The zero-order chi connectivity index (χ0) is 31.8. The lowest BCUT2D eigenvalue weighted by Gasteiger charge is -2.24. The van der Waals surface area contributed by atoms with Crippen LogP contribution in [0.25, 0.3) is 22.0 Å². The van der Waals surface area contributed by atoms with Crippen LogP contribution in [0.15, 0.2) is 89.3 Å². The fourth-order valence-electron chi connectivity index (χ4n) is 5.18. The van der Waals surface area contributed by atoms with E-state index in [0.717, 1.165) is 28.3 Å². The topological polar surface area (TPSA) is 63.4 Å². The van der Waals surface area contributed by atoms with Gasteiger partial charge in [0.1, 0.15) is 11.5 Å². The quantitative estimate of drug-likeness (QED) is 0.179. The Bertz CT molecular complexity index is 1850. The van der Waals surface area contributed by atoms with Crippen LogP contribution in [0.5, 0.6) is 0 Å². The van der Waals surface area contributed by atoms with Gasteiger partial charge in [-0.25, -0.2) is 0 Å². The number of aryl methyl sites for hydroxylation is 1. The molecule has 0 radical (unpaired) electrons. The van der Waals surface area contributed by atoms with Crippen molar-refractivity contribution >= 4 is 22.6 Å². The van der Waals surface area contributed by atoms with Gasteiger partial charge in [0, 0.05) is 23.0 Å². The molecule has 0 atom stereocenters. The van der Waals surface area contributed by atoms with Crippen LogP contribution in [0.2, 0.25) is 0 Å². The highest BCUT2D eigenvalue weighted by molar-refractivity contribution is 6.07. The van der Waals surface area contributed by atoms with Crippen LogP contribution in [-0.2, 0) is 29.5 Å². The number of halogens is 3. The number of rotatable bonds is 8. The van der Waals surface area contributed by atoms with E-state index in [1.165, 1.54) is 11.0 Å². The van der Waals surface area contributed by atoms with Gasteiger partial charge in [-0.15, -0.1) is 0 Å². The molecule has 44 heavy (non-hydrogen) atoms. The maximum absolute atomic E-state index is 14.2. The third kappa shape index (κ3) is 6.16. The highest BCUT2D eigenvalue weighted by Crippen LogP contribution is 2.33. The number of carbonyl (C=O) groups excluding carboxylic acids is 2. The molecule has 3 aromatic carbocycles. The van der Waals surface area contributed by atoms with E-state index in [9.17, 15) is 22.8 Å². The van der Waals surface area contributed by atoms with E-state index in [0.29, 0.717) is 27.7 Å². The van der Waals surface area contributed by atoms with Crippen molar-refractivity contribution in [2.24, 2.45) is 0 Å². The number of aromatic nitrogens is 1. The van der Waals surface area contributed by atoms with Crippen molar-refractivity contribution in [2.45, 2.75) is 59.3 Å². The number of amides is 1. The molecule has 226 valence electrons. The van der Waals surface area contributed by atoms with Crippen LogP contribution in [-0.4, -0.2) is 21.6 Å². The molecule has 0 aliphatic carbocycles. The number of hydrogen-bond acceptors (Lipinski definition) is 4. The first-order valence-corrected chi connectivity index (χ1v) is 14.3. The van der Waals surface area contributed by atoms with Gasteiger partial charge in [-0.1, -0.05) is 66.7 Å². The largest absolute Gasteiger partial charge is 0.455 e. The van der Waals surface area contributed by atoms with Gasteiger partial charge in [0.2, 0.25) is 5.76 Å². The lowest BCUT2D eigenvalue weighted by atomic mass is 9.80. The predicted molar refractivity (Wildman–Crippen MR) is 164 cm³/mol. The Kier molecular flexibility index (Phi) is 8.21. The number of fused-ring (bicyclic) bond motifs is 1. The van der Waals surface area contributed by atoms with Gasteiger partial charge in [0.15, 0.2) is 0 Å². The number of pyridine rings is 1. The molecule has 0 fully saturated rings. The van der Waals surface area contributed by atoms with E-state index >= 15 is 0 Å². The number of Topliss-reactive ketones (excluding diaryl/α,β-unsaturated/α-hetero) is 1. The Morgan fingerprint density at radius 2 is 1.55 bits per heavy atom. The molecule has 0 saturated heterocycles. The van der Waals surface area contributed by atoms with Crippen molar-refractivity contribution in [3.8, 4) is 11.1 Å². The van der Waals surface area contributed by atoms with Gasteiger partial charge in [0.25, 0.3) is 5.91 Å². The summed E-state index contributed by atoms with van der Waals surface area (Å²) in [6.45, 7) is 9.01. The van der Waals surface area contributed by atoms with Gasteiger partial charge >= 0.3 is 6.18 Å². The van der Waals surface area contributed by atoms with Crippen molar-refractivity contribution in [2.75, 3.05) is 0 Å². The average molecular weight is 599 g/mol. The molecular formula is C36H33F3N2O3. The van der Waals surface area contributed by atoms with E-state index in [1.54, 1.807) is 6.92 Å². The van der Waals surface area contributed by atoms with Crippen LogP contribution in [0, 0.1) is 13.8 Å². The molecule has 0 unspecified atom stereocenters. The molecule has 5 rings (SSSR count). The van der Waals surface area contributed by atoms with Crippen molar-refractivity contribution in [1.82, 2.24) is 9.88 Å². The van der Waals surface area contributed by atoms with Crippen molar-refractivity contribution in [1.29, 1.82) is 0 Å². The Morgan fingerprint density at radius 3 is 2.20 bits per heavy atom. The monoisotopic (exact) mass is 598 g/mol. The molecule has 0 bridgehead atoms. The molecule has 8 heteroatoms. The van der Waals surface area contributed by atoms with Crippen LogP contribution in [0.3, 0.4) is 0 Å². The third-order valence-corrected chi connectivity index (χ3v) is 8.29. The fraction of sp³-hybridized carbons (Fsp3) is 0.250.